The van der Waals surface area contributed by atoms with Crippen LogP contribution in [-0.4, -0.2) is 73.1 Å². The number of aromatic amines is 2. The summed E-state index contributed by atoms with van der Waals surface area (Å²) in [6.45, 7) is 7.39. The Morgan fingerprint density at radius 2 is 1.78 bits per heavy atom. The number of aryl methyl sites for hydroxylation is 1. The predicted octanol–water partition coefficient (Wildman–Crippen LogP) is 0.143. The topological polar surface area (TPSA) is 200 Å². The van der Waals surface area contributed by atoms with Crippen molar-refractivity contribution in [1.29, 1.82) is 0 Å². The first-order valence-electron chi connectivity index (χ1n) is 11.4. The average Bonchev–Trinajstić information content (AvgIpc) is 2.76. The Morgan fingerprint density at radius 1 is 1.11 bits per heavy atom. The molecule has 2 aliphatic rings. The van der Waals surface area contributed by atoms with Crippen molar-refractivity contribution in [2.45, 2.75) is 57.8 Å². The Kier molecular flexibility index (Phi) is 6.71. The SMILES string of the molecule is Cc1cc2c3c(c1C)C(C)(C)CCN3c1c([nH]c(=O)[nH]c1=O)N2C[C@H](O)[C@@H](O)[C@H](O)COP(=O)(O)O. The smallest absolute Gasteiger partial charge is 0.388 e. The van der Waals surface area contributed by atoms with Crippen LogP contribution in [0.1, 0.15) is 37.0 Å². The number of hydrogen-bond donors (Lipinski definition) is 7. The normalized spacial score (nSPS) is 18.9. The summed E-state index contributed by atoms with van der Waals surface area (Å²) in [5.74, 6) is 0.123. The Balaban J connectivity index is 1.82. The summed E-state index contributed by atoms with van der Waals surface area (Å²) in [5.41, 5.74) is 2.97. The van der Waals surface area contributed by atoms with E-state index in [-0.39, 0.29) is 23.5 Å². The van der Waals surface area contributed by atoms with E-state index in [0.717, 1.165) is 28.8 Å². The fraction of sp³-hybridized carbons (Fsp3) is 0.545. The molecule has 2 aromatic rings. The second-order valence-electron chi connectivity index (χ2n) is 9.97. The van der Waals surface area contributed by atoms with Gasteiger partial charge in [-0.25, -0.2) is 9.36 Å². The highest BCUT2D eigenvalue weighted by atomic mass is 31.2. The van der Waals surface area contributed by atoms with Crippen LogP contribution >= 0.6 is 7.82 Å². The van der Waals surface area contributed by atoms with Crippen LogP contribution in [0, 0.1) is 13.8 Å². The predicted molar refractivity (Wildman–Crippen MR) is 131 cm³/mol. The summed E-state index contributed by atoms with van der Waals surface area (Å²) in [4.78, 5) is 51.1. The number of H-pyrrole nitrogens is 2. The second-order valence-corrected chi connectivity index (χ2v) is 11.2. The van der Waals surface area contributed by atoms with Gasteiger partial charge in [-0.2, -0.15) is 0 Å². The van der Waals surface area contributed by atoms with Crippen LogP contribution in [-0.2, 0) is 14.5 Å². The van der Waals surface area contributed by atoms with Gasteiger partial charge in [0, 0.05) is 6.54 Å². The minimum atomic E-state index is -4.90. The van der Waals surface area contributed by atoms with Gasteiger partial charge in [0.05, 0.1) is 24.5 Å². The molecule has 0 spiro atoms. The van der Waals surface area contributed by atoms with Crippen LogP contribution in [0.3, 0.4) is 0 Å². The number of hydrogen-bond acceptors (Lipinski definition) is 9. The molecule has 0 saturated carbocycles. The number of β-amino-alcohol motifs (C(OH)–C–C–N with tert-alkyl or cyclic N) is 1. The summed E-state index contributed by atoms with van der Waals surface area (Å²) in [5, 5.41) is 31.4. The number of anilines is 4. The third-order valence-corrected chi connectivity index (χ3v) is 7.49. The minimum absolute atomic E-state index is 0.123. The number of nitrogens with zero attached hydrogens (tertiary/aromatic N) is 2. The number of aromatic nitrogens is 2. The Hall–Kier alpha value is -2.51. The molecule has 0 unspecified atom stereocenters. The van der Waals surface area contributed by atoms with Gasteiger partial charge in [0.15, 0.2) is 0 Å². The molecule has 13 nitrogen and oxygen atoms in total. The lowest BCUT2D eigenvalue weighted by molar-refractivity contribution is -0.0717. The van der Waals surface area contributed by atoms with E-state index in [0.29, 0.717) is 12.2 Å². The van der Waals surface area contributed by atoms with Gasteiger partial charge >= 0.3 is 13.5 Å². The van der Waals surface area contributed by atoms with Gasteiger partial charge in [-0.15, -0.1) is 0 Å². The van der Waals surface area contributed by atoms with Crippen molar-refractivity contribution >= 4 is 30.7 Å². The second kappa shape index (κ2) is 9.10. The first-order chi connectivity index (χ1) is 16.6. The number of rotatable bonds is 7. The highest BCUT2D eigenvalue weighted by Gasteiger charge is 2.43. The maximum absolute atomic E-state index is 13.0. The molecule has 0 fully saturated rings. The number of nitrogens with one attached hydrogen (secondary N) is 2. The van der Waals surface area contributed by atoms with E-state index < -0.39 is 44.0 Å². The first-order valence-corrected chi connectivity index (χ1v) is 13.0. The highest BCUT2D eigenvalue weighted by Crippen LogP contribution is 2.54. The molecular formula is C22H31N4O9P. The lowest BCUT2D eigenvalue weighted by Gasteiger charge is -2.48. The van der Waals surface area contributed by atoms with E-state index in [1.165, 1.54) is 4.90 Å². The minimum Gasteiger partial charge on any atom is -0.388 e. The molecule has 36 heavy (non-hydrogen) atoms. The van der Waals surface area contributed by atoms with Crippen LogP contribution in [0.15, 0.2) is 15.7 Å². The van der Waals surface area contributed by atoms with Crippen molar-refractivity contribution in [1.82, 2.24) is 9.97 Å². The van der Waals surface area contributed by atoms with E-state index in [4.69, 9.17) is 9.79 Å². The Morgan fingerprint density at radius 3 is 2.42 bits per heavy atom. The fourth-order valence-electron chi connectivity index (χ4n) is 5.09. The maximum atomic E-state index is 13.0. The average molecular weight is 526 g/mol. The molecule has 7 N–H and O–H groups in total. The highest BCUT2D eigenvalue weighted by molar-refractivity contribution is 7.46. The molecule has 3 heterocycles. The number of phosphoric ester groups is 1. The van der Waals surface area contributed by atoms with Crippen molar-refractivity contribution in [3.8, 4) is 0 Å². The molecule has 0 aliphatic carbocycles. The summed E-state index contributed by atoms with van der Waals surface area (Å²) < 4.78 is 15.2. The molecule has 0 saturated heterocycles. The molecule has 4 rings (SSSR count). The fourth-order valence-corrected chi connectivity index (χ4v) is 5.44. The van der Waals surface area contributed by atoms with E-state index in [9.17, 15) is 29.5 Å². The Labute approximate surface area is 206 Å². The number of aliphatic hydroxyl groups excluding tert-OH is 3. The van der Waals surface area contributed by atoms with Crippen LogP contribution in [0.5, 0.6) is 0 Å². The molecular weight excluding hydrogens is 495 g/mol. The molecule has 0 radical (unpaired) electrons. The van der Waals surface area contributed by atoms with Crippen molar-refractivity contribution in [3.05, 3.63) is 43.6 Å². The van der Waals surface area contributed by atoms with E-state index in [1.54, 1.807) is 0 Å². The third-order valence-electron chi connectivity index (χ3n) is 7.01. The molecule has 0 bridgehead atoms. The summed E-state index contributed by atoms with van der Waals surface area (Å²) in [6.07, 6.45) is -4.59. The summed E-state index contributed by atoms with van der Waals surface area (Å²) in [7, 11) is -4.90. The van der Waals surface area contributed by atoms with Crippen molar-refractivity contribution in [2.75, 3.05) is 29.5 Å². The van der Waals surface area contributed by atoms with Crippen molar-refractivity contribution in [3.63, 3.8) is 0 Å². The number of benzene rings is 1. The van der Waals surface area contributed by atoms with Gasteiger partial charge in [0.25, 0.3) is 5.56 Å². The third kappa shape index (κ3) is 4.63. The van der Waals surface area contributed by atoms with Gasteiger partial charge in [-0.3, -0.25) is 19.3 Å². The van der Waals surface area contributed by atoms with Crippen LogP contribution in [0.4, 0.5) is 22.9 Å². The van der Waals surface area contributed by atoms with E-state index in [2.05, 4.69) is 28.3 Å². The monoisotopic (exact) mass is 526 g/mol. The first kappa shape index (κ1) is 26.6. The van der Waals surface area contributed by atoms with E-state index in [1.807, 2.05) is 24.8 Å². The zero-order valence-corrected chi connectivity index (χ0v) is 21.2. The quantitative estimate of drug-likeness (QED) is 0.242. The molecule has 198 valence electrons. The van der Waals surface area contributed by atoms with Gasteiger partial charge < -0.3 is 34.9 Å². The van der Waals surface area contributed by atoms with Crippen LogP contribution < -0.4 is 21.0 Å². The number of aliphatic hydroxyl groups is 3. The number of phosphoric acid groups is 1. The lowest BCUT2D eigenvalue weighted by Crippen LogP contribution is -2.49. The molecule has 14 heteroatoms. The van der Waals surface area contributed by atoms with Crippen molar-refractivity contribution in [2.24, 2.45) is 0 Å². The number of fused-ring (bicyclic) bond motifs is 2. The molecule has 2 aliphatic heterocycles. The van der Waals surface area contributed by atoms with E-state index >= 15 is 0 Å². The van der Waals surface area contributed by atoms with Gasteiger partial charge in [-0.05, 0) is 48.4 Å². The molecule has 1 aromatic carbocycles. The van der Waals surface area contributed by atoms with Gasteiger partial charge in [-0.1, -0.05) is 13.8 Å². The maximum Gasteiger partial charge on any atom is 0.469 e. The zero-order valence-electron chi connectivity index (χ0n) is 20.3. The Bertz CT molecular complexity index is 1350. The standard InChI is InChI=1S/C22H31N4O9P/c1-10-7-12-16-15(11(10)2)22(3,4)5-6-25(16)17-19(23-21(31)24-20(17)30)26(12)8-13(27)18(29)14(28)9-35-36(32,33)34/h7,13-14,18,27-29H,5-6,8-9H2,1-4H3,(H2,32,33,34)(H2,23,24,30,31)/t13-,14+,18+/m0/s1. The lowest BCUT2D eigenvalue weighted by atomic mass is 9.73. The largest absolute Gasteiger partial charge is 0.469 e. The van der Waals surface area contributed by atoms with Crippen LogP contribution in [0.2, 0.25) is 0 Å². The van der Waals surface area contributed by atoms with Gasteiger partial charge in [0.1, 0.15) is 29.8 Å². The summed E-state index contributed by atoms with van der Waals surface area (Å²) >= 11 is 0. The van der Waals surface area contributed by atoms with Crippen molar-refractivity contribution < 1.29 is 34.2 Å². The van der Waals surface area contributed by atoms with Gasteiger partial charge in [0.2, 0.25) is 0 Å². The molecule has 3 atom stereocenters. The molecule has 1 aromatic heterocycles. The van der Waals surface area contributed by atoms with Crippen LogP contribution in [0.25, 0.3) is 0 Å². The summed E-state index contributed by atoms with van der Waals surface area (Å²) in [6, 6.07) is 1.87. The zero-order chi connectivity index (χ0) is 26.7. The molecule has 0 amide bonds.